The second-order valence-corrected chi connectivity index (χ2v) is 4.02. The molecule has 2 unspecified atom stereocenters. The maximum atomic E-state index is 11.5. The zero-order chi connectivity index (χ0) is 15.1. The van der Waals surface area contributed by atoms with E-state index < -0.39 is 30.6 Å². The molecule has 0 spiro atoms. The van der Waals surface area contributed by atoms with Crippen molar-refractivity contribution in [3.8, 4) is 11.8 Å². The van der Waals surface area contributed by atoms with E-state index in [1.165, 1.54) is 19.1 Å². The molecule has 0 aliphatic carbocycles. The van der Waals surface area contributed by atoms with Crippen LogP contribution in [0.4, 0.5) is 0 Å². The highest BCUT2D eigenvalue weighted by molar-refractivity contribution is 5.84. The van der Waals surface area contributed by atoms with Crippen LogP contribution in [0.2, 0.25) is 0 Å². The predicted molar refractivity (Wildman–Crippen MR) is 67.9 cm³/mol. The molecule has 1 aromatic rings. The Bertz CT molecular complexity index is 536. The van der Waals surface area contributed by atoms with Crippen molar-refractivity contribution < 1.29 is 24.5 Å². The normalized spacial score (nSPS) is 12.8. The van der Waals surface area contributed by atoms with Gasteiger partial charge in [0.25, 0.3) is 5.91 Å². The SMILES string of the molecule is CC(O)C(NC(=O)COc1ccccc1C#N)C(=O)O. The Morgan fingerprint density at radius 2 is 2.10 bits per heavy atom. The molecule has 0 heterocycles. The molecule has 7 heteroatoms. The van der Waals surface area contributed by atoms with E-state index in [4.69, 9.17) is 15.1 Å². The van der Waals surface area contributed by atoms with E-state index in [9.17, 15) is 14.7 Å². The molecule has 106 valence electrons. The summed E-state index contributed by atoms with van der Waals surface area (Å²) in [7, 11) is 0. The van der Waals surface area contributed by atoms with Gasteiger partial charge in [0, 0.05) is 0 Å². The summed E-state index contributed by atoms with van der Waals surface area (Å²) in [6.07, 6.45) is -1.23. The smallest absolute Gasteiger partial charge is 0.328 e. The van der Waals surface area contributed by atoms with Gasteiger partial charge in [-0.3, -0.25) is 4.79 Å². The number of nitrogens with one attached hydrogen (secondary N) is 1. The van der Waals surface area contributed by atoms with Gasteiger partial charge in [0.15, 0.2) is 12.6 Å². The van der Waals surface area contributed by atoms with Crippen LogP contribution >= 0.6 is 0 Å². The average molecular weight is 278 g/mol. The Morgan fingerprint density at radius 3 is 2.65 bits per heavy atom. The summed E-state index contributed by atoms with van der Waals surface area (Å²) in [4.78, 5) is 22.3. The van der Waals surface area contributed by atoms with Gasteiger partial charge in [0.1, 0.15) is 11.8 Å². The van der Waals surface area contributed by atoms with Gasteiger partial charge in [-0.15, -0.1) is 0 Å². The second-order valence-electron chi connectivity index (χ2n) is 4.02. The molecular formula is C13H14N2O5. The van der Waals surface area contributed by atoms with Crippen LogP contribution in [0.15, 0.2) is 24.3 Å². The Kier molecular flexibility index (Phi) is 5.50. The lowest BCUT2D eigenvalue weighted by molar-refractivity contribution is -0.145. The maximum absolute atomic E-state index is 11.5. The fourth-order valence-corrected chi connectivity index (χ4v) is 1.43. The summed E-state index contributed by atoms with van der Waals surface area (Å²) in [5.74, 6) is -1.81. The summed E-state index contributed by atoms with van der Waals surface area (Å²) in [6.45, 7) is 0.806. The van der Waals surface area contributed by atoms with E-state index in [2.05, 4.69) is 5.32 Å². The molecule has 0 aromatic heterocycles. The van der Waals surface area contributed by atoms with Crippen molar-refractivity contribution in [1.82, 2.24) is 5.32 Å². The number of para-hydroxylation sites is 1. The fraction of sp³-hybridized carbons (Fsp3) is 0.308. The monoisotopic (exact) mass is 278 g/mol. The zero-order valence-electron chi connectivity index (χ0n) is 10.7. The number of nitriles is 1. The number of hydrogen-bond acceptors (Lipinski definition) is 5. The van der Waals surface area contributed by atoms with Crippen LogP contribution in [0.1, 0.15) is 12.5 Å². The lowest BCUT2D eigenvalue weighted by Gasteiger charge is -2.17. The lowest BCUT2D eigenvalue weighted by Crippen LogP contribution is -2.49. The molecule has 20 heavy (non-hydrogen) atoms. The van der Waals surface area contributed by atoms with E-state index in [-0.39, 0.29) is 11.3 Å². The first-order valence-electron chi connectivity index (χ1n) is 5.78. The Balaban J connectivity index is 2.60. The summed E-state index contributed by atoms with van der Waals surface area (Å²) in [6, 6.07) is 6.85. The van der Waals surface area contributed by atoms with Gasteiger partial charge in [0.05, 0.1) is 11.7 Å². The number of nitrogens with zero attached hydrogens (tertiary/aromatic N) is 1. The van der Waals surface area contributed by atoms with E-state index in [0.29, 0.717) is 0 Å². The Hall–Kier alpha value is -2.59. The second kappa shape index (κ2) is 7.11. The molecule has 0 aliphatic heterocycles. The van der Waals surface area contributed by atoms with Crippen molar-refractivity contribution in [2.75, 3.05) is 6.61 Å². The topological polar surface area (TPSA) is 120 Å². The first-order chi connectivity index (χ1) is 9.45. The lowest BCUT2D eigenvalue weighted by atomic mass is 10.2. The minimum Gasteiger partial charge on any atom is -0.482 e. The third kappa shape index (κ3) is 4.26. The largest absolute Gasteiger partial charge is 0.482 e. The van der Waals surface area contributed by atoms with Crippen LogP contribution in [0.3, 0.4) is 0 Å². The highest BCUT2D eigenvalue weighted by Crippen LogP contribution is 2.16. The molecular weight excluding hydrogens is 264 g/mol. The van der Waals surface area contributed by atoms with Crippen LogP contribution in [0.5, 0.6) is 5.75 Å². The quantitative estimate of drug-likeness (QED) is 0.667. The van der Waals surface area contributed by atoms with E-state index in [1.54, 1.807) is 12.1 Å². The van der Waals surface area contributed by atoms with Crippen LogP contribution in [0.25, 0.3) is 0 Å². The molecule has 1 aromatic carbocycles. The molecule has 0 aliphatic rings. The van der Waals surface area contributed by atoms with Crippen LogP contribution < -0.4 is 10.1 Å². The van der Waals surface area contributed by atoms with Gasteiger partial charge in [-0.2, -0.15) is 5.26 Å². The third-order valence-corrected chi connectivity index (χ3v) is 2.43. The number of aliphatic carboxylic acids is 1. The van der Waals surface area contributed by atoms with Crippen molar-refractivity contribution in [1.29, 1.82) is 5.26 Å². The number of rotatable bonds is 6. The van der Waals surface area contributed by atoms with Gasteiger partial charge in [-0.25, -0.2) is 4.79 Å². The minimum atomic E-state index is -1.41. The van der Waals surface area contributed by atoms with Crippen molar-refractivity contribution >= 4 is 11.9 Å². The number of carboxylic acid groups (broad SMARTS) is 1. The summed E-state index contributed by atoms with van der Waals surface area (Å²) in [5.41, 5.74) is 0.269. The van der Waals surface area contributed by atoms with E-state index in [0.717, 1.165) is 0 Å². The van der Waals surface area contributed by atoms with Gasteiger partial charge in [0.2, 0.25) is 0 Å². The van der Waals surface area contributed by atoms with Crippen LogP contribution in [0, 0.1) is 11.3 Å². The number of ether oxygens (including phenoxy) is 1. The molecule has 1 rings (SSSR count). The predicted octanol–water partition coefficient (Wildman–Crippen LogP) is -0.113. The van der Waals surface area contributed by atoms with Gasteiger partial charge in [-0.1, -0.05) is 12.1 Å². The third-order valence-electron chi connectivity index (χ3n) is 2.43. The van der Waals surface area contributed by atoms with E-state index >= 15 is 0 Å². The van der Waals surface area contributed by atoms with Gasteiger partial charge in [-0.05, 0) is 19.1 Å². The molecule has 0 radical (unpaired) electrons. The number of carbonyl (C=O) groups is 2. The number of amides is 1. The number of aliphatic hydroxyl groups is 1. The molecule has 0 bridgehead atoms. The molecule has 1 amide bonds. The van der Waals surface area contributed by atoms with Crippen molar-refractivity contribution in [2.24, 2.45) is 0 Å². The molecule has 0 saturated carbocycles. The standard InChI is InChI=1S/C13H14N2O5/c1-8(16)12(13(18)19)15-11(17)7-20-10-5-3-2-4-9(10)6-14/h2-5,8,12,16H,7H2,1H3,(H,15,17)(H,18,19). The first-order valence-corrected chi connectivity index (χ1v) is 5.78. The number of carboxylic acids is 1. The molecule has 2 atom stereocenters. The highest BCUT2D eigenvalue weighted by Gasteiger charge is 2.25. The van der Waals surface area contributed by atoms with Crippen LogP contribution in [-0.4, -0.2) is 40.8 Å². The summed E-state index contributed by atoms with van der Waals surface area (Å²) in [5, 5.41) is 29.0. The van der Waals surface area contributed by atoms with E-state index in [1.807, 2.05) is 6.07 Å². The first kappa shape index (κ1) is 15.5. The number of hydrogen-bond donors (Lipinski definition) is 3. The molecule has 0 saturated heterocycles. The summed E-state index contributed by atoms with van der Waals surface area (Å²) >= 11 is 0. The number of carbonyl (C=O) groups excluding carboxylic acids is 1. The van der Waals surface area contributed by atoms with Crippen LogP contribution in [-0.2, 0) is 9.59 Å². The Labute approximate surface area is 115 Å². The molecule has 7 nitrogen and oxygen atoms in total. The maximum Gasteiger partial charge on any atom is 0.328 e. The van der Waals surface area contributed by atoms with Crippen molar-refractivity contribution in [3.05, 3.63) is 29.8 Å². The number of aliphatic hydroxyl groups excluding tert-OH is 1. The van der Waals surface area contributed by atoms with Gasteiger partial charge >= 0.3 is 5.97 Å². The van der Waals surface area contributed by atoms with Crippen molar-refractivity contribution in [2.45, 2.75) is 19.1 Å². The number of benzene rings is 1. The van der Waals surface area contributed by atoms with Gasteiger partial charge < -0.3 is 20.3 Å². The summed E-state index contributed by atoms with van der Waals surface area (Å²) < 4.78 is 5.14. The molecule has 3 N–H and O–H groups in total. The average Bonchev–Trinajstić information content (AvgIpc) is 2.42. The molecule has 0 fully saturated rings. The van der Waals surface area contributed by atoms with Crippen molar-refractivity contribution in [3.63, 3.8) is 0 Å². The fourth-order valence-electron chi connectivity index (χ4n) is 1.43. The Morgan fingerprint density at radius 1 is 1.45 bits per heavy atom. The highest BCUT2D eigenvalue weighted by atomic mass is 16.5. The zero-order valence-corrected chi connectivity index (χ0v) is 10.7. The minimum absolute atomic E-state index is 0.231.